The molecule has 0 spiro atoms. The molecule has 0 aliphatic rings. The number of hydrogen-bond acceptors (Lipinski definition) is 5. The topological polar surface area (TPSA) is 70.1 Å². The number of aromatic nitrogens is 2. The lowest BCUT2D eigenvalue weighted by atomic mass is 10.2. The average molecular weight is 464 g/mol. The number of carbonyl (C=O) groups excluding carboxylic acids is 1. The van der Waals surface area contributed by atoms with Gasteiger partial charge in [0.15, 0.2) is 0 Å². The Morgan fingerprint density at radius 2 is 1.81 bits per heavy atom. The van der Waals surface area contributed by atoms with Gasteiger partial charge in [-0.1, -0.05) is 43.8 Å². The molecule has 1 aromatic heterocycles. The predicted octanol–water partition coefficient (Wildman–Crippen LogP) is 6.02. The van der Waals surface area contributed by atoms with Gasteiger partial charge in [-0.3, -0.25) is 3.97 Å². The second-order valence-electron chi connectivity index (χ2n) is 7.05. The highest BCUT2D eigenvalue weighted by molar-refractivity contribution is 8.01. The molecule has 164 valence electrons. The third-order valence-corrected chi connectivity index (χ3v) is 6.44. The van der Waals surface area contributed by atoms with Gasteiger partial charge in [0.25, 0.3) is 0 Å². The molecule has 1 amide bonds. The van der Waals surface area contributed by atoms with Gasteiger partial charge in [0, 0.05) is 22.3 Å². The molecular formula is C22H23F2N3O2S2. The van der Waals surface area contributed by atoms with Crippen LogP contribution in [-0.2, 0) is 11.2 Å². The van der Waals surface area contributed by atoms with Crippen LogP contribution in [0.5, 0.6) is 0 Å². The van der Waals surface area contributed by atoms with Crippen molar-refractivity contribution in [2.45, 2.75) is 47.4 Å². The predicted molar refractivity (Wildman–Crippen MR) is 118 cm³/mol. The number of nitrogens with two attached hydrogens (primary N) is 1. The fourth-order valence-corrected chi connectivity index (χ4v) is 5.13. The second kappa shape index (κ2) is 10.7. The van der Waals surface area contributed by atoms with Gasteiger partial charge < -0.3 is 10.5 Å². The highest BCUT2D eigenvalue weighted by atomic mass is 32.2. The molecule has 0 saturated heterocycles. The molecule has 0 saturated carbocycles. The summed E-state index contributed by atoms with van der Waals surface area (Å²) in [5.74, 6) is -0.373. The van der Waals surface area contributed by atoms with Gasteiger partial charge in [0.1, 0.15) is 22.5 Å². The van der Waals surface area contributed by atoms with Gasteiger partial charge >= 0.3 is 6.09 Å². The van der Waals surface area contributed by atoms with E-state index in [0.29, 0.717) is 17.7 Å². The SMILES string of the molecule is CC(C)c1nc(CCCOC(N)=O)n(Sc2ccccc2)c1Sc1cc(F)cc(F)c1. The lowest BCUT2D eigenvalue weighted by Crippen LogP contribution is -2.14. The number of aryl methyl sites for hydroxylation is 1. The Morgan fingerprint density at radius 1 is 1.13 bits per heavy atom. The van der Waals surface area contributed by atoms with Gasteiger partial charge in [-0.15, -0.1) is 0 Å². The first-order chi connectivity index (χ1) is 14.8. The van der Waals surface area contributed by atoms with E-state index in [1.165, 1.54) is 35.8 Å². The number of ether oxygens (including phenoxy) is 1. The quantitative estimate of drug-likeness (QED) is 0.393. The zero-order valence-electron chi connectivity index (χ0n) is 17.2. The highest BCUT2D eigenvalue weighted by Gasteiger charge is 2.22. The normalized spacial score (nSPS) is 11.1. The maximum absolute atomic E-state index is 13.8. The fraction of sp³-hybridized carbons (Fsp3) is 0.273. The van der Waals surface area contributed by atoms with Crippen molar-refractivity contribution in [2.75, 3.05) is 6.61 Å². The first-order valence-electron chi connectivity index (χ1n) is 9.74. The molecule has 2 N–H and O–H groups in total. The molecule has 9 heteroatoms. The minimum atomic E-state index is -0.811. The highest BCUT2D eigenvalue weighted by Crippen LogP contribution is 2.39. The molecule has 0 radical (unpaired) electrons. The Labute approximate surface area is 188 Å². The third kappa shape index (κ3) is 6.48. The monoisotopic (exact) mass is 463 g/mol. The lowest BCUT2D eigenvalue weighted by molar-refractivity contribution is 0.155. The molecule has 0 unspecified atom stereocenters. The summed E-state index contributed by atoms with van der Waals surface area (Å²) in [6.07, 6.45) is 0.283. The molecule has 3 aromatic rings. The summed E-state index contributed by atoms with van der Waals surface area (Å²) in [5.41, 5.74) is 5.87. The molecular weight excluding hydrogens is 440 g/mol. The maximum Gasteiger partial charge on any atom is 0.404 e. The minimum Gasteiger partial charge on any atom is -0.450 e. The van der Waals surface area contributed by atoms with Crippen molar-refractivity contribution in [3.8, 4) is 0 Å². The van der Waals surface area contributed by atoms with E-state index < -0.39 is 17.7 Å². The van der Waals surface area contributed by atoms with Gasteiger partial charge in [0.05, 0.1) is 12.3 Å². The van der Waals surface area contributed by atoms with Gasteiger partial charge in [-0.05, 0) is 48.6 Å². The molecule has 2 aromatic carbocycles. The Balaban J connectivity index is 1.99. The van der Waals surface area contributed by atoms with E-state index in [-0.39, 0.29) is 12.5 Å². The van der Waals surface area contributed by atoms with Gasteiger partial charge in [-0.25, -0.2) is 18.6 Å². The molecule has 0 fully saturated rings. The molecule has 0 bridgehead atoms. The number of carbonyl (C=O) groups is 1. The largest absolute Gasteiger partial charge is 0.450 e. The van der Waals surface area contributed by atoms with Crippen LogP contribution in [0.15, 0.2) is 63.3 Å². The summed E-state index contributed by atoms with van der Waals surface area (Å²) in [7, 11) is 0. The zero-order chi connectivity index (χ0) is 22.4. The van der Waals surface area contributed by atoms with Crippen LogP contribution in [0.25, 0.3) is 0 Å². The van der Waals surface area contributed by atoms with E-state index in [2.05, 4.69) is 0 Å². The Kier molecular flexibility index (Phi) is 7.97. The van der Waals surface area contributed by atoms with E-state index in [1.807, 2.05) is 48.2 Å². The van der Waals surface area contributed by atoms with E-state index >= 15 is 0 Å². The Bertz CT molecular complexity index is 1020. The number of hydrogen-bond donors (Lipinski definition) is 1. The van der Waals surface area contributed by atoms with Crippen molar-refractivity contribution in [1.82, 2.24) is 8.96 Å². The number of amides is 1. The number of nitrogens with zero attached hydrogens (tertiary/aromatic N) is 2. The summed E-state index contributed by atoms with van der Waals surface area (Å²) < 4.78 is 34.4. The van der Waals surface area contributed by atoms with Crippen LogP contribution in [0.4, 0.5) is 13.6 Å². The molecule has 0 aliphatic carbocycles. The van der Waals surface area contributed by atoms with Crippen molar-refractivity contribution in [3.63, 3.8) is 0 Å². The first-order valence-corrected chi connectivity index (χ1v) is 11.3. The Morgan fingerprint density at radius 3 is 2.42 bits per heavy atom. The maximum atomic E-state index is 13.8. The van der Waals surface area contributed by atoms with Crippen molar-refractivity contribution in [2.24, 2.45) is 5.73 Å². The van der Waals surface area contributed by atoms with Crippen LogP contribution in [-0.4, -0.2) is 21.7 Å². The smallest absolute Gasteiger partial charge is 0.404 e. The number of imidazole rings is 1. The summed E-state index contributed by atoms with van der Waals surface area (Å²) >= 11 is 2.76. The van der Waals surface area contributed by atoms with E-state index in [1.54, 1.807) is 0 Å². The standard InChI is InChI=1S/C22H23F2N3O2S2/c1-14(2)20-21(30-18-12-15(23)11-16(24)13-18)27(31-17-7-4-3-5-8-17)19(26-20)9-6-10-29-22(25)28/h3-5,7-8,11-14H,6,9-10H2,1-2H3,(H2,25,28). The first kappa shape index (κ1) is 23.1. The van der Waals surface area contributed by atoms with Crippen molar-refractivity contribution in [1.29, 1.82) is 0 Å². The molecule has 3 rings (SSSR count). The van der Waals surface area contributed by atoms with E-state index in [4.69, 9.17) is 15.5 Å². The van der Waals surface area contributed by atoms with E-state index in [9.17, 15) is 13.6 Å². The number of benzene rings is 2. The molecule has 5 nitrogen and oxygen atoms in total. The van der Waals surface area contributed by atoms with E-state index in [0.717, 1.165) is 27.5 Å². The molecule has 0 aliphatic heterocycles. The van der Waals surface area contributed by atoms with Crippen molar-refractivity contribution in [3.05, 3.63) is 71.7 Å². The summed E-state index contributed by atoms with van der Waals surface area (Å²) in [5, 5.41) is 0.805. The summed E-state index contributed by atoms with van der Waals surface area (Å²) in [6.45, 7) is 4.24. The van der Waals surface area contributed by atoms with Crippen LogP contribution < -0.4 is 5.73 Å². The number of halogens is 2. The fourth-order valence-electron chi connectivity index (χ4n) is 2.86. The number of rotatable bonds is 9. The Hall–Kier alpha value is -2.52. The number of primary amides is 1. The summed E-state index contributed by atoms with van der Waals surface area (Å²) in [6, 6.07) is 13.3. The van der Waals surface area contributed by atoms with Gasteiger partial charge in [0.2, 0.25) is 0 Å². The van der Waals surface area contributed by atoms with Crippen LogP contribution in [0.1, 0.15) is 37.7 Å². The summed E-state index contributed by atoms with van der Waals surface area (Å²) in [4.78, 5) is 17.1. The molecule has 31 heavy (non-hydrogen) atoms. The second-order valence-corrected chi connectivity index (χ2v) is 9.13. The average Bonchev–Trinajstić information content (AvgIpc) is 3.02. The molecule has 0 atom stereocenters. The minimum absolute atomic E-state index is 0.0964. The van der Waals surface area contributed by atoms with Gasteiger partial charge in [-0.2, -0.15) is 0 Å². The van der Waals surface area contributed by atoms with Crippen LogP contribution in [0.2, 0.25) is 0 Å². The lowest BCUT2D eigenvalue weighted by Gasteiger charge is -2.12. The van der Waals surface area contributed by atoms with Crippen LogP contribution in [0.3, 0.4) is 0 Å². The van der Waals surface area contributed by atoms with Crippen LogP contribution in [0, 0.1) is 11.6 Å². The van der Waals surface area contributed by atoms with Crippen LogP contribution >= 0.6 is 23.7 Å². The van der Waals surface area contributed by atoms with Crippen molar-refractivity contribution < 1.29 is 18.3 Å². The third-order valence-electron chi connectivity index (χ3n) is 4.21. The van der Waals surface area contributed by atoms with Crippen molar-refractivity contribution >= 4 is 29.8 Å². The molecule has 1 heterocycles. The zero-order valence-corrected chi connectivity index (χ0v) is 18.8.